The van der Waals surface area contributed by atoms with Crippen molar-refractivity contribution >= 4 is 98.7 Å². The van der Waals surface area contributed by atoms with Gasteiger partial charge in [0.1, 0.15) is 0 Å². The average molecular weight is 809 g/mol. The van der Waals surface area contributed by atoms with Gasteiger partial charge in [0.25, 0.3) is 6.71 Å². The van der Waals surface area contributed by atoms with Crippen LogP contribution in [0.4, 0.5) is 34.1 Å². The predicted octanol–water partition coefficient (Wildman–Crippen LogP) is 14.0. The fourth-order valence-electron chi connectivity index (χ4n) is 12.2. The fourth-order valence-corrected chi connectivity index (χ4v) is 15.0. The van der Waals surface area contributed by atoms with Crippen LogP contribution in [0.3, 0.4) is 0 Å². The number of hydrogen-bond acceptors (Lipinski definition) is 4. The zero-order valence-corrected chi connectivity index (χ0v) is 38.9. The lowest BCUT2D eigenvalue weighted by atomic mass is 9.39. The van der Waals surface area contributed by atoms with Crippen LogP contribution in [0, 0.1) is 13.8 Å². The van der Waals surface area contributed by atoms with Crippen molar-refractivity contribution in [3.05, 3.63) is 124 Å². The minimum absolute atomic E-state index is 0.0697. The first kappa shape index (κ1) is 37.7. The molecule has 0 radical (unpaired) electrons. The summed E-state index contributed by atoms with van der Waals surface area (Å²) < 4.78 is 5.77. The van der Waals surface area contributed by atoms with Crippen molar-refractivity contribution in [3.63, 3.8) is 0 Å². The lowest BCUT2D eigenvalue weighted by Gasteiger charge is -2.43. The van der Waals surface area contributed by atoms with Crippen molar-refractivity contribution in [2.24, 2.45) is 0 Å². The molecule has 0 atom stereocenters. The maximum atomic E-state index is 2.67. The summed E-state index contributed by atoms with van der Waals surface area (Å²) in [4.78, 5) is 5.34. The number of anilines is 6. The minimum atomic E-state index is -0.0697. The number of thiophene rings is 2. The molecule has 59 heavy (non-hydrogen) atoms. The van der Waals surface area contributed by atoms with Gasteiger partial charge in [-0.3, -0.25) is 0 Å². The summed E-state index contributed by atoms with van der Waals surface area (Å²) in [6.07, 6.45) is 2.33. The van der Waals surface area contributed by atoms with E-state index in [-0.39, 0.29) is 33.8 Å². The first-order valence-electron chi connectivity index (χ1n) is 21.8. The molecule has 0 saturated carbocycles. The highest BCUT2D eigenvalue weighted by atomic mass is 32.1. The van der Waals surface area contributed by atoms with Gasteiger partial charge in [-0.1, -0.05) is 112 Å². The van der Waals surface area contributed by atoms with Gasteiger partial charge in [0, 0.05) is 52.5 Å². The molecule has 0 N–H and O–H groups in total. The zero-order valence-electron chi connectivity index (χ0n) is 37.3. The standard InChI is InChI=1S/C54H57BN2S2/c1-30-14-18-33(19-15-30)56-41-22-32(50(3,4)5)23-42-45(41)55(48-46(56)35-24-37-39(26-43(35)58-48)53(10,11)28-51(37,6)7)49-47(57(42)34-20-16-31(2)17-21-34)36-25-38-40(27-44(36)59-49)54(12,13)29-52(38,8)9/h14-27H,28-29H2,1-13H3. The van der Waals surface area contributed by atoms with E-state index in [9.17, 15) is 0 Å². The Morgan fingerprint density at radius 1 is 0.508 bits per heavy atom. The smallest absolute Gasteiger partial charge is 0.277 e. The van der Waals surface area contributed by atoms with Crippen molar-refractivity contribution in [2.75, 3.05) is 9.80 Å². The molecule has 5 heteroatoms. The van der Waals surface area contributed by atoms with Gasteiger partial charge in [-0.15, -0.1) is 22.7 Å². The topological polar surface area (TPSA) is 6.48 Å². The number of rotatable bonds is 2. The Labute approximate surface area is 360 Å². The van der Waals surface area contributed by atoms with Gasteiger partial charge in [0.05, 0.1) is 11.4 Å². The Balaban J connectivity index is 1.31. The summed E-state index contributed by atoms with van der Waals surface area (Å²) in [7, 11) is 0. The van der Waals surface area contributed by atoms with E-state index in [0.29, 0.717) is 0 Å². The molecule has 11 rings (SSSR count). The molecule has 2 nitrogen and oxygen atoms in total. The van der Waals surface area contributed by atoms with E-state index in [4.69, 9.17) is 0 Å². The largest absolute Gasteiger partial charge is 0.310 e. The summed E-state index contributed by atoms with van der Waals surface area (Å²) in [5.41, 5.74) is 19.7. The summed E-state index contributed by atoms with van der Waals surface area (Å²) in [6, 6.07) is 34.2. The maximum absolute atomic E-state index is 2.67. The SMILES string of the molecule is Cc1ccc(N2c3cc(C(C)(C)C)cc4c3B(c3sc5cc6c(cc5c32)C(C)(C)CC6(C)C)c2sc3cc5c(cc3c2N4c2ccc(C)cc2)C(C)(C)CC5(C)C)cc1. The van der Waals surface area contributed by atoms with E-state index < -0.39 is 0 Å². The molecule has 2 aromatic heterocycles. The molecule has 0 spiro atoms. The highest BCUT2D eigenvalue weighted by Crippen LogP contribution is 2.57. The monoisotopic (exact) mass is 808 g/mol. The summed E-state index contributed by atoms with van der Waals surface area (Å²) >= 11 is 4.11. The van der Waals surface area contributed by atoms with Crippen molar-refractivity contribution < 1.29 is 0 Å². The minimum Gasteiger partial charge on any atom is -0.310 e. The van der Waals surface area contributed by atoms with E-state index in [1.807, 2.05) is 0 Å². The Kier molecular flexibility index (Phi) is 7.49. The van der Waals surface area contributed by atoms with Gasteiger partial charge in [-0.2, -0.15) is 0 Å². The number of benzene rings is 5. The lowest BCUT2D eigenvalue weighted by Crippen LogP contribution is -2.59. The van der Waals surface area contributed by atoms with Crippen LogP contribution in [0.2, 0.25) is 0 Å². The third kappa shape index (κ3) is 5.22. The Morgan fingerprint density at radius 3 is 1.22 bits per heavy atom. The maximum Gasteiger partial charge on any atom is 0.277 e. The average Bonchev–Trinajstić information content (AvgIpc) is 3.81. The Hall–Kier alpha value is -4.32. The van der Waals surface area contributed by atoms with Crippen molar-refractivity contribution in [1.29, 1.82) is 0 Å². The van der Waals surface area contributed by atoms with Crippen LogP contribution in [0.5, 0.6) is 0 Å². The first-order valence-corrected chi connectivity index (χ1v) is 23.4. The van der Waals surface area contributed by atoms with Gasteiger partial charge < -0.3 is 9.80 Å². The normalized spacial score (nSPS) is 18.9. The van der Waals surface area contributed by atoms with E-state index in [2.05, 4.69) is 207 Å². The highest BCUT2D eigenvalue weighted by molar-refractivity contribution is 7.40. The molecule has 0 fully saturated rings. The fraction of sp³-hybridized carbons (Fsp3) is 0.370. The third-order valence-corrected chi connectivity index (χ3v) is 17.1. The predicted molar refractivity (Wildman–Crippen MR) is 261 cm³/mol. The van der Waals surface area contributed by atoms with E-state index in [1.54, 1.807) is 0 Å². The molecular formula is C54H57BN2S2. The summed E-state index contributed by atoms with van der Waals surface area (Å²) in [5.74, 6) is 0. The van der Waals surface area contributed by atoms with Crippen LogP contribution in [-0.4, -0.2) is 6.71 Å². The third-order valence-electron chi connectivity index (χ3n) is 14.7. The number of nitrogens with zero attached hydrogens (tertiary/aromatic N) is 2. The Bertz CT molecular complexity index is 2760. The van der Waals surface area contributed by atoms with Gasteiger partial charge in [0.15, 0.2) is 0 Å². The summed E-state index contributed by atoms with van der Waals surface area (Å²) in [5, 5.41) is 2.80. The van der Waals surface area contributed by atoms with Crippen LogP contribution in [-0.2, 0) is 27.1 Å². The quantitative estimate of drug-likeness (QED) is 0.161. The lowest BCUT2D eigenvalue weighted by molar-refractivity contribution is 0.403. The Morgan fingerprint density at radius 2 is 0.864 bits per heavy atom. The first-order chi connectivity index (χ1) is 27.6. The summed E-state index contributed by atoms with van der Waals surface area (Å²) in [6.45, 7) is 31.4. The van der Waals surface area contributed by atoms with Crippen LogP contribution in [0.25, 0.3) is 20.2 Å². The zero-order chi connectivity index (χ0) is 41.5. The second kappa shape index (κ2) is 11.7. The molecule has 2 aliphatic carbocycles. The molecule has 7 aromatic rings. The number of hydrogen-bond donors (Lipinski definition) is 0. The molecular weight excluding hydrogens is 752 g/mol. The van der Waals surface area contributed by atoms with E-state index >= 15 is 0 Å². The number of aryl methyl sites for hydroxylation is 2. The van der Waals surface area contributed by atoms with Crippen molar-refractivity contribution in [2.45, 2.75) is 130 Å². The second-order valence-corrected chi connectivity index (χ2v) is 24.4. The van der Waals surface area contributed by atoms with Gasteiger partial charge in [-0.05, 0) is 148 Å². The van der Waals surface area contributed by atoms with E-state index in [0.717, 1.165) is 12.8 Å². The van der Waals surface area contributed by atoms with Gasteiger partial charge in [-0.25, -0.2) is 0 Å². The molecule has 0 unspecified atom stereocenters. The molecule has 0 saturated heterocycles. The number of fused-ring (bicyclic) bond motifs is 10. The van der Waals surface area contributed by atoms with Gasteiger partial charge >= 0.3 is 0 Å². The molecule has 4 heterocycles. The van der Waals surface area contributed by atoms with Crippen LogP contribution in [0.1, 0.15) is 128 Å². The van der Waals surface area contributed by atoms with Gasteiger partial charge in [0.2, 0.25) is 0 Å². The molecule has 2 aliphatic heterocycles. The van der Waals surface area contributed by atoms with Crippen LogP contribution in [0.15, 0.2) is 84.9 Å². The molecule has 5 aromatic carbocycles. The molecule has 0 bridgehead atoms. The molecule has 4 aliphatic rings. The van der Waals surface area contributed by atoms with Crippen LogP contribution < -0.4 is 24.8 Å². The van der Waals surface area contributed by atoms with E-state index in [1.165, 1.54) is 108 Å². The van der Waals surface area contributed by atoms with Crippen molar-refractivity contribution in [1.82, 2.24) is 0 Å². The van der Waals surface area contributed by atoms with Crippen molar-refractivity contribution in [3.8, 4) is 0 Å². The highest BCUT2D eigenvalue weighted by Gasteiger charge is 2.50. The van der Waals surface area contributed by atoms with Crippen LogP contribution >= 0.6 is 22.7 Å². The molecule has 298 valence electrons. The second-order valence-electron chi connectivity index (χ2n) is 22.3. The molecule has 0 amide bonds.